The fourth-order valence-corrected chi connectivity index (χ4v) is 0.936. The van der Waals surface area contributed by atoms with E-state index >= 15 is 0 Å². The van der Waals surface area contributed by atoms with Gasteiger partial charge in [0.25, 0.3) is 0 Å². The fourth-order valence-electron chi connectivity index (χ4n) is 0.936. The minimum atomic E-state index is -0.644. The predicted octanol–water partition coefficient (Wildman–Crippen LogP) is -0.533. The Balaban J connectivity index is 3.26. The average molecular weight is 179 g/mol. The topological polar surface area (TPSA) is 112 Å². The van der Waals surface area contributed by atoms with Gasteiger partial charge in [-0.2, -0.15) is 0 Å². The second-order valence-electron chi connectivity index (χ2n) is 2.57. The van der Waals surface area contributed by atoms with Crippen molar-refractivity contribution in [3.05, 3.63) is 29.3 Å². The molecule has 6 N–H and O–H groups in total. The van der Waals surface area contributed by atoms with Crippen LogP contribution in [0.2, 0.25) is 0 Å². The standard InChI is InChI=1S/C8H9N3O2/c9-6-2-4(7(10)12)1-5(3-6)8(11)13/h1-3H,9H2,(H2,10,12)(H2,11,13). The van der Waals surface area contributed by atoms with Crippen molar-refractivity contribution < 1.29 is 9.59 Å². The number of carbonyl (C=O) groups is 2. The first-order valence-corrected chi connectivity index (χ1v) is 3.51. The highest BCUT2D eigenvalue weighted by Gasteiger charge is 2.06. The number of amides is 2. The Labute approximate surface area is 74.5 Å². The van der Waals surface area contributed by atoms with E-state index in [1.807, 2.05) is 0 Å². The van der Waals surface area contributed by atoms with Crippen LogP contribution in [0, 0.1) is 0 Å². The van der Waals surface area contributed by atoms with Gasteiger partial charge in [-0.1, -0.05) is 0 Å². The van der Waals surface area contributed by atoms with Gasteiger partial charge >= 0.3 is 0 Å². The highest BCUT2D eigenvalue weighted by atomic mass is 16.1. The van der Waals surface area contributed by atoms with E-state index < -0.39 is 11.8 Å². The molecule has 0 bridgehead atoms. The number of anilines is 1. The van der Waals surface area contributed by atoms with Gasteiger partial charge in [-0.3, -0.25) is 9.59 Å². The Bertz CT molecular complexity index is 341. The second-order valence-corrected chi connectivity index (χ2v) is 2.57. The van der Waals surface area contributed by atoms with Crippen LogP contribution < -0.4 is 17.2 Å². The molecule has 13 heavy (non-hydrogen) atoms. The van der Waals surface area contributed by atoms with Crippen molar-refractivity contribution in [3.8, 4) is 0 Å². The molecule has 0 heterocycles. The first-order chi connectivity index (χ1) is 6.00. The fraction of sp³-hybridized carbons (Fsp3) is 0. The van der Waals surface area contributed by atoms with E-state index in [1.54, 1.807) is 0 Å². The second kappa shape index (κ2) is 3.14. The summed E-state index contributed by atoms with van der Waals surface area (Å²) in [6, 6.07) is 4.07. The molecule has 0 aliphatic rings. The van der Waals surface area contributed by atoms with Crippen LogP contribution in [0.5, 0.6) is 0 Å². The molecule has 0 fully saturated rings. The Kier molecular flexibility index (Phi) is 2.19. The lowest BCUT2D eigenvalue weighted by Crippen LogP contribution is -2.16. The van der Waals surface area contributed by atoms with Crippen LogP contribution in [0.3, 0.4) is 0 Å². The van der Waals surface area contributed by atoms with E-state index in [9.17, 15) is 9.59 Å². The third kappa shape index (κ3) is 1.96. The quantitative estimate of drug-likeness (QED) is 0.530. The third-order valence-corrected chi connectivity index (χ3v) is 1.52. The van der Waals surface area contributed by atoms with Gasteiger partial charge < -0.3 is 17.2 Å². The van der Waals surface area contributed by atoms with Crippen LogP contribution in [0.4, 0.5) is 5.69 Å². The van der Waals surface area contributed by atoms with Gasteiger partial charge in [0.2, 0.25) is 11.8 Å². The summed E-state index contributed by atoms with van der Waals surface area (Å²) in [6.07, 6.45) is 0. The van der Waals surface area contributed by atoms with Gasteiger partial charge in [0, 0.05) is 16.8 Å². The first-order valence-electron chi connectivity index (χ1n) is 3.51. The molecular formula is C8H9N3O2. The maximum atomic E-state index is 10.7. The number of nitrogens with two attached hydrogens (primary N) is 3. The summed E-state index contributed by atoms with van der Waals surface area (Å²) in [4.78, 5) is 21.5. The summed E-state index contributed by atoms with van der Waals surface area (Å²) in [6.45, 7) is 0. The van der Waals surface area contributed by atoms with E-state index in [1.165, 1.54) is 18.2 Å². The molecule has 1 rings (SSSR count). The maximum absolute atomic E-state index is 10.7. The summed E-state index contributed by atoms with van der Waals surface area (Å²) >= 11 is 0. The monoisotopic (exact) mass is 179 g/mol. The summed E-state index contributed by atoms with van der Waals surface area (Å²) in [5, 5.41) is 0. The van der Waals surface area contributed by atoms with Crippen molar-refractivity contribution in [1.82, 2.24) is 0 Å². The Morgan fingerprint density at radius 2 is 1.31 bits per heavy atom. The minimum absolute atomic E-state index is 0.175. The van der Waals surface area contributed by atoms with Crippen LogP contribution in [0.1, 0.15) is 20.7 Å². The number of carbonyl (C=O) groups excluding carboxylic acids is 2. The van der Waals surface area contributed by atoms with Crippen molar-refractivity contribution >= 4 is 17.5 Å². The number of rotatable bonds is 2. The van der Waals surface area contributed by atoms with Gasteiger partial charge in [-0.15, -0.1) is 0 Å². The van der Waals surface area contributed by atoms with Crippen LogP contribution in [0.15, 0.2) is 18.2 Å². The molecule has 0 aliphatic heterocycles. The van der Waals surface area contributed by atoms with Gasteiger partial charge in [0.15, 0.2) is 0 Å². The normalized spacial score (nSPS) is 9.54. The molecule has 0 saturated heterocycles. The van der Waals surface area contributed by atoms with Crippen molar-refractivity contribution in [2.45, 2.75) is 0 Å². The summed E-state index contributed by atoms with van der Waals surface area (Å²) in [7, 11) is 0. The molecule has 1 aromatic carbocycles. The van der Waals surface area contributed by atoms with Gasteiger partial charge in [-0.25, -0.2) is 0 Å². The highest BCUT2D eigenvalue weighted by molar-refractivity contribution is 5.99. The van der Waals surface area contributed by atoms with Crippen molar-refractivity contribution in [2.75, 3.05) is 5.73 Å². The number of nitrogen functional groups attached to an aromatic ring is 1. The number of benzene rings is 1. The van der Waals surface area contributed by atoms with Crippen molar-refractivity contribution in [2.24, 2.45) is 11.5 Å². The average Bonchev–Trinajstić information content (AvgIpc) is 2.03. The molecule has 5 nitrogen and oxygen atoms in total. The molecule has 0 unspecified atom stereocenters. The van der Waals surface area contributed by atoms with E-state index in [-0.39, 0.29) is 16.8 Å². The van der Waals surface area contributed by atoms with Gasteiger partial charge in [-0.05, 0) is 18.2 Å². The molecule has 1 aromatic rings. The summed E-state index contributed by atoms with van der Waals surface area (Å²) in [5.41, 5.74) is 16.1. The maximum Gasteiger partial charge on any atom is 0.248 e. The summed E-state index contributed by atoms with van der Waals surface area (Å²) < 4.78 is 0. The number of primary amides is 2. The lowest BCUT2D eigenvalue weighted by molar-refractivity contribution is 0.0999. The van der Waals surface area contributed by atoms with E-state index in [4.69, 9.17) is 17.2 Å². The van der Waals surface area contributed by atoms with E-state index in [0.29, 0.717) is 0 Å². The Hall–Kier alpha value is -2.04. The molecular weight excluding hydrogens is 170 g/mol. The smallest absolute Gasteiger partial charge is 0.248 e. The molecule has 68 valence electrons. The zero-order valence-corrected chi connectivity index (χ0v) is 6.78. The lowest BCUT2D eigenvalue weighted by atomic mass is 10.1. The molecule has 0 atom stereocenters. The van der Waals surface area contributed by atoms with E-state index in [2.05, 4.69) is 0 Å². The first kappa shape index (κ1) is 9.05. The molecule has 5 heteroatoms. The number of hydrogen-bond acceptors (Lipinski definition) is 3. The van der Waals surface area contributed by atoms with Gasteiger partial charge in [0.1, 0.15) is 0 Å². The zero-order chi connectivity index (χ0) is 10.0. The van der Waals surface area contributed by atoms with Crippen molar-refractivity contribution in [1.29, 1.82) is 0 Å². The van der Waals surface area contributed by atoms with Crippen LogP contribution >= 0.6 is 0 Å². The third-order valence-electron chi connectivity index (χ3n) is 1.52. The highest BCUT2D eigenvalue weighted by Crippen LogP contribution is 2.10. The molecule has 0 aromatic heterocycles. The van der Waals surface area contributed by atoms with Crippen molar-refractivity contribution in [3.63, 3.8) is 0 Å². The van der Waals surface area contributed by atoms with Gasteiger partial charge in [0.05, 0.1) is 0 Å². The SMILES string of the molecule is NC(=O)c1cc(N)cc(C(N)=O)c1. The largest absolute Gasteiger partial charge is 0.399 e. The Morgan fingerprint density at radius 3 is 1.62 bits per heavy atom. The van der Waals surface area contributed by atoms with E-state index in [0.717, 1.165) is 0 Å². The number of hydrogen-bond donors (Lipinski definition) is 3. The minimum Gasteiger partial charge on any atom is -0.399 e. The molecule has 2 amide bonds. The lowest BCUT2D eigenvalue weighted by Gasteiger charge is -2.01. The van der Waals surface area contributed by atoms with Crippen LogP contribution in [-0.2, 0) is 0 Å². The zero-order valence-electron chi connectivity index (χ0n) is 6.78. The van der Waals surface area contributed by atoms with Crippen LogP contribution in [0.25, 0.3) is 0 Å². The molecule has 0 radical (unpaired) electrons. The Morgan fingerprint density at radius 1 is 0.923 bits per heavy atom. The van der Waals surface area contributed by atoms with Crippen LogP contribution in [-0.4, -0.2) is 11.8 Å². The molecule has 0 spiro atoms. The summed E-state index contributed by atoms with van der Waals surface area (Å²) in [5.74, 6) is -1.29. The molecule has 0 saturated carbocycles. The molecule has 0 aliphatic carbocycles. The predicted molar refractivity (Wildman–Crippen MR) is 47.9 cm³/mol.